The van der Waals surface area contributed by atoms with E-state index in [0.29, 0.717) is 5.56 Å². The zero-order valence-corrected chi connectivity index (χ0v) is 16.8. The van der Waals surface area contributed by atoms with Crippen LogP contribution in [0.2, 0.25) is 0 Å². The van der Waals surface area contributed by atoms with Crippen LogP contribution in [0, 0.1) is 13.8 Å². The minimum atomic E-state index is -0.142. The number of nitrogens with one attached hydrogen (secondary N) is 1. The van der Waals surface area contributed by atoms with Gasteiger partial charge in [0.05, 0.1) is 5.56 Å². The lowest BCUT2D eigenvalue weighted by Crippen LogP contribution is -2.13. The Labute approximate surface area is 169 Å². The molecule has 1 N–H and O–H groups in total. The second kappa shape index (κ2) is 7.75. The molecule has 146 valence electrons. The summed E-state index contributed by atoms with van der Waals surface area (Å²) in [5.74, 6) is 1.54. The third-order valence-electron chi connectivity index (χ3n) is 4.99. The number of hydrogen-bond acceptors (Lipinski definition) is 3. The molecule has 3 aromatic heterocycles. The summed E-state index contributed by atoms with van der Waals surface area (Å²) in [4.78, 5) is 21.8. The summed E-state index contributed by atoms with van der Waals surface area (Å²) in [7, 11) is 0. The van der Waals surface area contributed by atoms with Crippen molar-refractivity contribution >= 4 is 11.6 Å². The molecule has 0 bridgehead atoms. The molecule has 0 aliphatic carbocycles. The molecule has 3 heterocycles. The van der Waals surface area contributed by atoms with Crippen LogP contribution in [0.25, 0.3) is 17.2 Å². The molecule has 4 rings (SSSR count). The zero-order chi connectivity index (χ0) is 20.4. The first-order chi connectivity index (χ1) is 14.1. The number of anilines is 1. The number of pyridine rings is 1. The Balaban J connectivity index is 1.62. The van der Waals surface area contributed by atoms with Gasteiger partial charge in [-0.1, -0.05) is 18.2 Å². The van der Waals surface area contributed by atoms with Gasteiger partial charge in [-0.25, -0.2) is 9.97 Å². The van der Waals surface area contributed by atoms with Crippen LogP contribution in [0.4, 0.5) is 5.69 Å². The highest BCUT2D eigenvalue weighted by molar-refractivity contribution is 6.05. The van der Waals surface area contributed by atoms with Crippen LogP contribution in [0.3, 0.4) is 0 Å². The average molecular weight is 385 g/mol. The molecule has 0 radical (unpaired) electrons. The lowest BCUT2D eigenvalue weighted by Gasteiger charge is -2.10. The summed E-state index contributed by atoms with van der Waals surface area (Å²) >= 11 is 0. The highest BCUT2D eigenvalue weighted by Crippen LogP contribution is 2.24. The van der Waals surface area contributed by atoms with E-state index < -0.39 is 0 Å². The number of aryl methyl sites for hydroxylation is 2. The van der Waals surface area contributed by atoms with Crippen molar-refractivity contribution in [3.8, 4) is 17.2 Å². The number of carbonyl (C=O) groups is 1. The van der Waals surface area contributed by atoms with Gasteiger partial charge in [-0.05, 0) is 51.1 Å². The fraction of sp³-hybridized carbons (Fsp3) is 0.174. The highest BCUT2D eigenvalue weighted by atomic mass is 16.1. The van der Waals surface area contributed by atoms with Gasteiger partial charge in [0.1, 0.15) is 11.6 Å². The number of benzene rings is 1. The molecule has 6 heteroatoms. The van der Waals surface area contributed by atoms with Gasteiger partial charge in [0.25, 0.3) is 5.91 Å². The predicted octanol–water partition coefficient (Wildman–Crippen LogP) is 4.62. The van der Waals surface area contributed by atoms with E-state index in [1.165, 1.54) is 0 Å². The molecule has 0 unspecified atom stereocenters. The first kappa shape index (κ1) is 18.7. The molecule has 0 aliphatic heterocycles. The summed E-state index contributed by atoms with van der Waals surface area (Å²) in [6, 6.07) is 15.4. The minimum Gasteiger partial charge on any atom is -0.331 e. The Hall–Kier alpha value is -3.67. The third kappa shape index (κ3) is 3.57. The molecular weight excluding hydrogens is 362 g/mol. The lowest BCUT2D eigenvalue weighted by molar-refractivity contribution is 0.102. The molecular formula is C23H23N5O. The Kier molecular flexibility index (Phi) is 4.99. The Morgan fingerprint density at radius 2 is 1.90 bits per heavy atom. The largest absolute Gasteiger partial charge is 0.331 e. The van der Waals surface area contributed by atoms with Gasteiger partial charge in [-0.2, -0.15) is 0 Å². The second-order valence-electron chi connectivity index (χ2n) is 6.88. The highest BCUT2D eigenvalue weighted by Gasteiger charge is 2.17. The van der Waals surface area contributed by atoms with E-state index in [1.807, 2.05) is 73.1 Å². The standard InChI is InChI=1S/C23H23N5O/c1-4-27-13-12-25-22(27)18-8-7-9-19(15-18)26-23(29)20-14-16(2)28(17(20)3)21-10-5-6-11-24-21/h5-15H,4H2,1-3H3,(H,26,29). The van der Waals surface area contributed by atoms with Crippen LogP contribution < -0.4 is 5.32 Å². The quantitative estimate of drug-likeness (QED) is 0.545. The maximum atomic E-state index is 13.0. The number of hydrogen-bond donors (Lipinski definition) is 1. The molecule has 4 aromatic rings. The molecule has 0 saturated heterocycles. The summed E-state index contributed by atoms with van der Waals surface area (Å²) in [6.07, 6.45) is 5.49. The van der Waals surface area contributed by atoms with E-state index in [4.69, 9.17) is 0 Å². The fourth-order valence-electron chi connectivity index (χ4n) is 3.59. The second-order valence-corrected chi connectivity index (χ2v) is 6.88. The van der Waals surface area contributed by atoms with Crippen molar-refractivity contribution in [1.82, 2.24) is 19.1 Å². The van der Waals surface area contributed by atoms with E-state index in [9.17, 15) is 4.79 Å². The van der Waals surface area contributed by atoms with E-state index in [0.717, 1.165) is 40.8 Å². The number of aromatic nitrogens is 4. The normalized spacial score (nSPS) is 10.9. The molecule has 0 fully saturated rings. The van der Waals surface area contributed by atoms with Gasteiger partial charge in [0, 0.05) is 47.8 Å². The van der Waals surface area contributed by atoms with Gasteiger partial charge in [-0.3, -0.25) is 4.79 Å². The van der Waals surface area contributed by atoms with Crippen molar-refractivity contribution in [2.24, 2.45) is 0 Å². The van der Waals surface area contributed by atoms with Gasteiger partial charge < -0.3 is 14.5 Å². The van der Waals surface area contributed by atoms with Crippen molar-refractivity contribution in [3.05, 3.63) is 84.1 Å². The van der Waals surface area contributed by atoms with Crippen molar-refractivity contribution in [3.63, 3.8) is 0 Å². The van der Waals surface area contributed by atoms with Gasteiger partial charge in [0.2, 0.25) is 0 Å². The summed E-state index contributed by atoms with van der Waals surface area (Å²) in [6.45, 7) is 6.83. The van der Waals surface area contributed by atoms with Crippen LogP contribution >= 0.6 is 0 Å². The Morgan fingerprint density at radius 1 is 1.03 bits per heavy atom. The molecule has 1 aromatic carbocycles. The van der Waals surface area contributed by atoms with Crippen LogP contribution in [0.5, 0.6) is 0 Å². The van der Waals surface area contributed by atoms with E-state index in [2.05, 4.69) is 26.8 Å². The smallest absolute Gasteiger partial charge is 0.257 e. The molecule has 0 aliphatic rings. The van der Waals surface area contributed by atoms with Crippen molar-refractivity contribution in [1.29, 1.82) is 0 Å². The summed E-state index contributed by atoms with van der Waals surface area (Å²) in [5, 5.41) is 3.02. The molecule has 0 saturated carbocycles. The number of rotatable bonds is 5. The van der Waals surface area contributed by atoms with Crippen LogP contribution in [-0.2, 0) is 6.54 Å². The van der Waals surface area contributed by atoms with Crippen molar-refractivity contribution in [2.45, 2.75) is 27.3 Å². The number of carbonyl (C=O) groups excluding carboxylic acids is 1. The van der Waals surface area contributed by atoms with E-state index in [1.54, 1.807) is 12.4 Å². The van der Waals surface area contributed by atoms with Crippen LogP contribution in [-0.4, -0.2) is 25.0 Å². The maximum Gasteiger partial charge on any atom is 0.257 e. The molecule has 1 amide bonds. The van der Waals surface area contributed by atoms with Gasteiger partial charge >= 0.3 is 0 Å². The summed E-state index contributed by atoms with van der Waals surface area (Å²) < 4.78 is 4.06. The number of imidazole rings is 1. The molecule has 0 atom stereocenters. The van der Waals surface area contributed by atoms with Crippen LogP contribution in [0.1, 0.15) is 28.7 Å². The Bertz CT molecular complexity index is 1160. The number of nitrogens with zero attached hydrogens (tertiary/aromatic N) is 4. The minimum absolute atomic E-state index is 0.142. The SMILES string of the molecule is CCn1ccnc1-c1cccc(NC(=O)c2cc(C)n(-c3ccccn3)c2C)c1. The zero-order valence-electron chi connectivity index (χ0n) is 16.8. The molecule has 6 nitrogen and oxygen atoms in total. The monoisotopic (exact) mass is 385 g/mol. The fourth-order valence-corrected chi connectivity index (χ4v) is 3.59. The first-order valence-corrected chi connectivity index (χ1v) is 9.61. The van der Waals surface area contributed by atoms with Gasteiger partial charge in [-0.15, -0.1) is 0 Å². The maximum absolute atomic E-state index is 13.0. The topological polar surface area (TPSA) is 64.7 Å². The predicted molar refractivity (Wildman–Crippen MR) is 114 cm³/mol. The lowest BCUT2D eigenvalue weighted by atomic mass is 10.1. The summed E-state index contributed by atoms with van der Waals surface area (Å²) in [5.41, 5.74) is 4.16. The Morgan fingerprint density at radius 3 is 2.66 bits per heavy atom. The first-order valence-electron chi connectivity index (χ1n) is 9.61. The van der Waals surface area contributed by atoms with E-state index >= 15 is 0 Å². The average Bonchev–Trinajstić information content (AvgIpc) is 3.33. The molecule has 29 heavy (non-hydrogen) atoms. The van der Waals surface area contributed by atoms with Crippen molar-refractivity contribution < 1.29 is 4.79 Å². The van der Waals surface area contributed by atoms with E-state index in [-0.39, 0.29) is 5.91 Å². The van der Waals surface area contributed by atoms with Crippen LogP contribution in [0.15, 0.2) is 67.1 Å². The van der Waals surface area contributed by atoms with Gasteiger partial charge in [0.15, 0.2) is 0 Å². The van der Waals surface area contributed by atoms with Crippen molar-refractivity contribution in [2.75, 3.05) is 5.32 Å². The third-order valence-corrected chi connectivity index (χ3v) is 4.99. The number of amides is 1. The molecule has 0 spiro atoms.